The molecule has 0 spiro atoms. The highest BCUT2D eigenvalue weighted by atomic mass is 16.6. The van der Waals surface area contributed by atoms with Crippen molar-refractivity contribution in [3.05, 3.63) is 65.7 Å². The van der Waals surface area contributed by atoms with Gasteiger partial charge in [0.15, 0.2) is 11.6 Å². The lowest BCUT2D eigenvalue weighted by Crippen LogP contribution is -2.66. The third-order valence-corrected chi connectivity index (χ3v) is 8.22. The summed E-state index contributed by atoms with van der Waals surface area (Å²) in [5.41, 5.74) is 4.12. The maximum absolute atomic E-state index is 14.2. The van der Waals surface area contributed by atoms with Crippen LogP contribution >= 0.6 is 0 Å². The lowest BCUT2D eigenvalue weighted by molar-refractivity contribution is -0.403. The van der Waals surface area contributed by atoms with Gasteiger partial charge in [-0.05, 0) is 83.1 Å². The first kappa shape index (κ1) is 44.1. The van der Waals surface area contributed by atoms with E-state index >= 15 is 0 Å². The molecule has 286 valence electrons. The van der Waals surface area contributed by atoms with Gasteiger partial charge in [-0.3, -0.25) is 19.2 Å². The van der Waals surface area contributed by atoms with E-state index in [-0.39, 0.29) is 43.0 Å². The standard InChI is InChI=1S/C42H60N2O8/c1-10-22-49-24-25-50-23-14-17-36(45)35(28-38(47)52-41(5,6)7)44-39(48)33(26-30-15-12-11-13-16-30)42(8,9)29-37(46)34(43)27-31-18-20-32(21-19-31)51-40(2,3)4/h1,11-13,15-16,18-21,33-35H,14,17,22-29,43H2,2-9H3,(H,44,48)/p+1. The van der Waals surface area contributed by atoms with Crippen LogP contribution in [0.2, 0.25) is 0 Å². The third-order valence-electron chi connectivity index (χ3n) is 8.22. The van der Waals surface area contributed by atoms with Crippen LogP contribution < -0.4 is 15.8 Å². The summed E-state index contributed by atoms with van der Waals surface area (Å²) in [5.74, 6) is 1.03. The van der Waals surface area contributed by atoms with Gasteiger partial charge in [-0.15, -0.1) is 6.42 Å². The van der Waals surface area contributed by atoms with Crippen LogP contribution in [0.5, 0.6) is 5.75 Å². The molecule has 10 nitrogen and oxygen atoms in total. The van der Waals surface area contributed by atoms with Crippen LogP contribution in [-0.4, -0.2) is 73.2 Å². The predicted octanol–water partition coefficient (Wildman–Crippen LogP) is 5.09. The zero-order chi connectivity index (χ0) is 39.0. The SMILES string of the molecule is C#CCOCCOCCCC(=O)C(CC(=O)OC(C)(C)C)NC(=O)C(Cc1ccccc1)C(C)(C)CC(=O)C([NH3+])Cc1ccc(OC(C)(C)C)cc1. The fourth-order valence-corrected chi connectivity index (χ4v) is 5.68. The van der Waals surface area contributed by atoms with Gasteiger partial charge in [0.2, 0.25) is 5.91 Å². The molecule has 3 unspecified atom stereocenters. The van der Waals surface area contributed by atoms with E-state index in [1.165, 1.54) is 0 Å². The van der Waals surface area contributed by atoms with Crippen LogP contribution in [0.1, 0.15) is 92.2 Å². The molecule has 0 saturated heterocycles. The van der Waals surface area contributed by atoms with E-state index in [9.17, 15) is 19.2 Å². The van der Waals surface area contributed by atoms with Gasteiger partial charge in [-0.25, -0.2) is 0 Å². The maximum atomic E-state index is 14.2. The zero-order valence-electron chi connectivity index (χ0n) is 32.5. The monoisotopic (exact) mass is 721 g/mol. The molecule has 0 bridgehead atoms. The van der Waals surface area contributed by atoms with Crippen molar-refractivity contribution in [3.63, 3.8) is 0 Å². The number of benzene rings is 2. The van der Waals surface area contributed by atoms with Crippen LogP contribution in [0, 0.1) is 23.7 Å². The molecule has 2 rings (SSSR count). The molecule has 0 aromatic heterocycles. The molecule has 0 saturated carbocycles. The van der Waals surface area contributed by atoms with E-state index in [1.54, 1.807) is 20.8 Å². The fraction of sp³-hybridized carbons (Fsp3) is 0.571. The summed E-state index contributed by atoms with van der Waals surface area (Å²) < 4.78 is 22.2. The molecule has 1 amide bonds. The summed E-state index contributed by atoms with van der Waals surface area (Å²) in [6.07, 6.45) is 6.18. The first-order valence-electron chi connectivity index (χ1n) is 18.1. The maximum Gasteiger partial charge on any atom is 0.308 e. The molecular formula is C42H61N2O8+. The van der Waals surface area contributed by atoms with Gasteiger partial charge in [0.05, 0.1) is 25.7 Å². The minimum atomic E-state index is -1.11. The summed E-state index contributed by atoms with van der Waals surface area (Å²) >= 11 is 0. The number of quaternary nitrogens is 1. The molecule has 52 heavy (non-hydrogen) atoms. The van der Waals surface area contributed by atoms with E-state index in [0.717, 1.165) is 16.9 Å². The van der Waals surface area contributed by atoms with E-state index in [2.05, 4.69) is 17.0 Å². The number of ether oxygens (including phenoxy) is 4. The van der Waals surface area contributed by atoms with Crippen molar-refractivity contribution in [1.29, 1.82) is 0 Å². The molecule has 2 aromatic rings. The first-order chi connectivity index (χ1) is 24.3. The predicted molar refractivity (Wildman–Crippen MR) is 201 cm³/mol. The second-order valence-corrected chi connectivity index (χ2v) is 15.9. The summed E-state index contributed by atoms with van der Waals surface area (Å²) in [5, 5.41) is 2.89. The van der Waals surface area contributed by atoms with Gasteiger partial charge in [0.1, 0.15) is 29.6 Å². The number of carbonyl (C=O) groups is 4. The Hall–Kier alpha value is -4.04. The van der Waals surface area contributed by atoms with E-state index in [1.807, 2.05) is 89.2 Å². The molecule has 0 aliphatic rings. The zero-order valence-corrected chi connectivity index (χ0v) is 32.5. The third kappa shape index (κ3) is 17.5. The number of esters is 1. The molecule has 2 aromatic carbocycles. The summed E-state index contributed by atoms with van der Waals surface area (Å²) in [6.45, 7) is 16.1. The number of terminal acetylenes is 1. The highest BCUT2D eigenvalue weighted by Gasteiger charge is 2.40. The van der Waals surface area contributed by atoms with Gasteiger partial charge in [0, 0.05) is 31.8 Å². The summed E-state index contributed by atoms with van der Waals surface area (Å²) in [6, 6.07) is 15.5. The highest BCUT2D eigenvalue weighted by Crippen LogP contribution is 2.35. The topological polar surface area (TPSA) is 145 Å². The number of carbonyl (C=O) groups excluding carboxylic acids is 4. The lowest BCUT2D eigenvalue weighted by atomic mass is 9.71. The van der Waals surface area contributed by atoms with E-state index < -0.39 is 40.9 Å². The van der Waals surface area contributed by atoms with Crippen molar-refractivity contribution < 1.29 is 43.9 Å². The molecule has 0 heterocycles. The van der Waals surface area contributed by atoms with Gasteiger partial charge < -0.3 is 30.0 Å². The quantitative estimate of drug-likeness (QED) is 0.0972. The first-order valence-corrected chi connectivity index (χ1v) is 18.1. The highest BCUT2D eigenvalue weighted by molar-refractivity contribution is 5.93. The smallest absolute Gasteiger partial charge is 0.308 e. The second kappa shape index (κ2) is 20.9. The second-order valence-electron chi connectivity index (χ2n) is 15.9. The van der Waals surface area contributed by atoms with Crippen LogP contribution in [0.25, 0.3) is 0 Å². The minimum absolute atomic E-state index is 0.0723. The van der Waals surface area contributed by atoms with Crippen molar-refractivity contribution in [3.8, 4) is 18.1 Å². The van der Waals surface area contributed by atoms with Crippen LogP contribution in [0.4, 0.5) is 0 Å². The Morgan fingerprint density at radius 1 is 0.788 bits per heavy atom. The molecular weight excluding hydrogens is 660 g/mol. The molecule has 10 heteroatoms. The lowest BCUT2D eigenvalue weighted by Gasteiger charge is -2.34. The van der Waals surface area contributed by atoms with Gasteiger partial charge in [-0.2, -0.15) is 0 Å². The Morgan fingerprint density at radius 2 is 1.40 bits per heavy atom. The van der Waals surface area contributed by atoms with Crippen molar-refractivity contribution >= 4 is 23.4 Å². The van der Waals surface area contributed by atoms with Gasteiger partial charge in [0.25, 0.3) is 0 Å². The number of rotatable bonds is 22. The van der Waals surface area contributed by atoms with Gasteiger partial charge >= 0.3 is 5.97 Å². The molecule has 3 atom stereocenters. The fourth-order valence-electron chi connectivity index (χ4n) is 5.68. The summed E-state index contributed by atoms with van der Waals surface area (Å²) in [7, 11) is 0. The Bertz CT molecular complexity index is 1470. The Balaban J connectivity index is 2.22. The van der Waals surface area contributed by atoms with Crippen LogP contribution in [0.3, 0.4) is 0 Å². The van der Waals surface area contributed by atoms with Crippen molar-refractivity contribution in [2.45, 2.75) is 117 Å². The number of amides is 1. The number of nitrogens with one attached hydrogen (secondary N) is 1. The molecule has 0 aliphatic heterocycles. The van der Waals surface area contributed by atoms with E-state index in [4.69, 9.17) is 25.4 Å². The Kier molecular flexibility index (Phi) is 17.7. The summed E-state index contributed by atoms with van der Waals surface area (Å²) in [4.78, 5) is 54.4. The van der Waals surface area contributed by atoms with Crippen molar-refractivity contribution in [2.75, 3.05) is 26.4 Å². The van der Waals surface area contributed by atoms with Crippen LogP contribution in [0.15, 0.2) is 54.6 Å². The molecule has 4 N–H and O–H groups in total. The van der Waals surface area contributed by atoms with Crippen molar-refractivity contribution in [1.82, 2.24) is 5.32 Å². The largest absolute Gasteiger partial charge is 0.488 e. The number of hydrogen-bond acceptors (Lipinski definition) is 8. The van der Waals surface area contributed by atoms with Crippen molar-refractivity contribution in [2.24, 2.45) is 11.3 Å². The number of ketones is 2. The average Bonchev–Trinajstić information content (AvgIpc) is 3.04. The van der Waals surface area contributed by atoms with Gasteiger partial charge in [-0.1, -0.05) is 62.2 Å². The average molecular weight is 722 g/mol. The molecule has 0 aliphatic carbocycles. The number of Topliss-reactive ketones (excluding diaryl/α,β-unsaturated/α-hetero) is 2. The minimum Gasteiger partial charge on any atom is -0.488 e. The molecule has 0 radical (unpaired) electrons. The number of hydrogen-bond donors (Lipinski definition) is 2. The van der Waals surface area contributed by atoms with Crippen LogP contribution in [-0.2, 0) is 46.2 Å². The van der Waals surface area contributed by atoms with E-state index in [0.29, 0.717) is 39.1 Å². The Morgan fingerprint density at radius 3 is 2.00 bits per heavy atom. The normalized spacial score (nSPS) is 13.7. The Labute approximate surface area is 310 Å². The molecule has 0 fully saturated rings.